The molecule has 0 aliphatic heterocycles. The fraction of sp³-hybridized carbons (Fsp3) is 0.500. The molecule has 5 heteroatoms. The zero-order valence-corrected chi connectivity index (χ0v) is 19.6. The van der Waals surface area contributed by atoms with Crippen molar-refractivity contribution in [1.82, 2.24) is 4.90 Å². The number of carbonyl (C=O) groups is 1. The van der Waals surface area contributed by atoms with E-state index >= 15 is 0 Å². The number of amides is 1. The van der Waals surface area contributed by atoms with Crippen LogP contribution in [0.4, 0.5) is 0 Å². The molecule has 0 aromatic heterocycles. The van der Waals surface area contributed by atoms with E-state index in [9.17, 15) is 4.79 Å². The van der Waals surface area contributed by atoms with Gasteiger partial charge in [0.15, 0.2) is 11.5 Å². The van der Waals surface area contributed by atoms with Gasteiger partial charge in [0.25, 0.3) is 0 Å². The third kappa shape index (κ3) is 7.20. The molecule has 2 rings (SSSR count). The number of benzene rings is 2. The van der Waals surface area contributed by atoms with Crippen molar-refractivity contribution in [3.8, 4) is 17.2 Å². The van der Waals surface area contributed by atoms with E-state index in [1.165, 1.54) is 0 Å². The Morgan fingerprint density at radius 3 is 2.16 bits per heavy atom. The van der Waals surface area contributed by atoms with Crippen LogP contribution < -0.4 is 14.2 Å². The molecule has 0 saturated heterocycles. The number of ether oxygens (including phenoxy) is 3. The Hall–Kier alpha value is -2.69. The van der Waals surface area contributed by atoms with Gasteiger partial charge >= 0.3 is 0 Å². The minimum Gasteiger partial charge on any atom is -0.497 e. The average Bonchev–Trinajstić information content (AvgIpc) is 2.82. The molecule has 0 bridgehead atoms. The summed E-state index contributed by atoms with van der Waals surface area (Å²) in [5, 5.41) is 0. The first-order chi connectivity index (χ1) is 15.1. The number of hydrogen-bond donors (Lipinski definition) is 0. The van der Waals surface area contributed by atoms with Gasteiger partial charge in [-0.05, 0) is 54.7 Å². The molecule has 0 fully saturated rings. The SMILES string of the molecule is CCCCC(CC)C(=O)N(CCc1ccc(OC)c(OC)c1)Cc1ccc(OC)cc1. The second kappa shape index (κ2) is 12.9. The van der Waals surface area contributed by atoms with Gasteiger partial charge in [-0.1, -0.05) is 44.9 Å². The molecule has 0 saturated carbocycles. The second-order valence-corrected chi connectivity index (χ2v) is 7.79. The predicted octanol–water partition coefficient (Wildman–Crippen LogP) is 5.50. The number of nitrogens with zero attached hydrogens (tertiary/aromatic N) is 1. The number of methoxy groups -OCH3 is 3. The van der Waals surface area contributed by atoms with E-state index in [1.807, 2.05) is 47.4 Å². The first-order valence-corrected chi connectivity index (χ1v) is 11.2. The average molecular weight is 428 g/mol. The topological polar surface area (TPSA) is 48.0 Å². The van der Waals surface area contributed by atoms with Gasteiger partial charge in [0.05, 0.1) is 21.3 Å². The lowest BCUT2D eigenvalue weighted by atomic mass is 9.97. The highest BCUT2D eigenvalue weighted by atomic mass is 16.5. The molecule has 0 aliphatic carbocycles. The Morgan fingerprint density at radius 2 is 1.58 bits per heavy atom. The largest absolute Gasteiger partial charge is 0.497 e. The first-order valence-electron chi connectivity index (χ1n) is 11.2. The Kier molecular flexibility index (Phi) is 10.2. The minimum atomic E-state index is 0.0728. The Bertz CT molecular complexity index is 804. The van der Waals surface area contributed by atoms with Gasteiger partial charge in [0.1, 0.15) is 5.75 Å². The monoisotopic (exact) mass is 427 g/mol. The molecule has 5 nitrogen and oxygen atoms in total. The van der Waals surface area contributed by atoms with Crippen molar-refractivity contribution in [3.05, 3.63) is 53.6 Å². The number of unbranched alkanes of at least 4 members (excludes halogenated alkanes) is 1. The fourth-order valence-corrected chi connectivity index (χ4v) is 3.73. The van der Waals surface area contributed by atoms with Crippen molar-refractivity contribution in [2.75, 3.05) is 27.9 Å². The molecule has 0 aliphatic rings. The van der Waals surface area contributed by atoms with Gasteiger partial charge in [-0.3, -0.25) is 4.79 Å². The van der Waals surface area contributed by atoms with Crippen LogP contribution in [0.25, 0.3) is 0 Å². The zero-order chi connectivity index (χ0) is 22.6. The van der Waals surface area contributed by atoms with E-state index in [1.54, 1.807) is 21.3 Å². The third-order valence-corrected chi connectivity index (χ3v) is 5.71. The van der Waals surface area contributed by atoms with Crippen LogP contribution in [0.15, 0.2) is 42.5 Å². The van der Waals surface area contributed by atoms with Crippen LogP contribution in [0, 0.1) is 5.92 Å². The maximum absolute atomic E-state index is 13.4. The van der Waals surface area contributed by atoms with E-state index in [4.69, 9.17) is 14.2 Å². The predicted molar refractivity (Wildman–Crippen MR) is 125 cm³/mol. The highest BCUT2D eigenvalue weighted by Gasteiger charge is 2.23. The summed E-state index contributed by atoms with van der Waals surface area (Å²) in [5.41, 5.74) is 2.22. The van der Waals surface area contributed by atoms with Gasteiger partial charge < -0.3 is 19.1 Å². The molecule has 31 heavy (non-hydrogen) atoms. The van der Waals surface area contributed by atoms with Gasteiger partial charge in [0.2, 0.25) is 5.91 Å². The summed E-state index contributed by atoms with van der Waals surface area (Å²) in [5.74, 6) is 2.56. The Labute approximate surface area is 187 Å². The summed E-state index contributed by atoms with van der Waals surface area (Å²) in [6.45, 7) is 5.53. The maximum Gasteiger partial charge on any atom is 0.225 e. The number of rotatable bonds is 13. The molecule has 170 valence electrons. The summed E-state index contributed by atoms with van der Waals surface area (Å²) < 4.78 is 16.0. The standard InChI is InChI=1S/C26H37NO4/c1-6-8-9-22(7-2)26(28)27(19-21-10-13-23(29-3)14-11-21)17-16-20-12-15-24(30-4)25(18-20)31-5/h10-15,18,22H,6-9,16-17,19H2,1-5H3. The lowest BCUT2D eigenvalue weighted by Gasteiger charge is -2.27. The number of hydrogen-bond acceptors (Lipinski definition) is 4. The zero-order valence-electron chi connectivity index (χ0n) is 19.6. The van der Waals surface area contributed by atoms with Crippen LogP contribution in [-0.2, 0) is 17.8 Å². The quantitative estimate of drug-likeness (QED) is 0.423. The molecule has 1 amide bonds. The van der Waals surface area contributed by atoms with Crippen LogP contribution in [0.3, 0.4) is 0 Å². The van der Waals surface area contributed by atoms with E-state index in [2.05, 4.69) is 13.8 Å². The van der Waals surface area contributed by atoms with Crippen molar-refractivity contribution >= 4 is 5.91 Å². The van der Waals surface area contributed by atoms with Gasteiger partial charge in [-0.25, -0.2) is 0 Å². The van der Waals surface area contributed by atoms with Crippen LogP contribution in [0.1, 0.15) is 50.7 Å². The first kappa shape index (κ1) is 24.6. The lowest BCUT2D eigenvalue weighted by Crippen LogP contribution is -2.37. The summed E-state index contributed by atoms with van der Waals surface area (Å²) in [4.78, 5) is 15.4. The van der Waals surface area contributed by atoms with Crippen molar-refractivity contribution in [1.29, 1.82) is 0 Å². The van der Waals surface area contributed by atoms with E-state index in [0.29, 0.717) is 24.6 Å². The van der Waals surface area contributed by atoms with Crippen molar-refractivity contribution < 1.29 is 19.0 Å². The third-order valence-electron chi connectivity index (χ3n) is 5.71. The molecule has 1 unspecified atom stereocenters. The van der Waals surface area contributed by atoms with Crippen LogP contribution in [0.5, 0.6) is 17.2 Å². The highest BCUT2D eigenvalue weighted by Crippen LogP contribution is 2.28. The molecule has 1 atom stereocenters. The van der Waals surface area contributed by atoms with Crippen LogP contribution >= 0.6 is 0 Å². The minimum absolute atomic E-state index is 0.0728. The van der Waals surface area contributed by atoms with Gasteiger partial charge in [-0.2, -0.15) is 0 Å². The van der Waals surface area contributed by atoms with E-state index in [0.717, 1.165) is 49.0 Å². The smallest absolute Gasteiger partial charge is 0.225 e. The molecule has 0 radical (unpaired) electrons. The maximum atomic E-state index is 13.4. The summed E-state index contributed by atoms with van der Waals surface area (Å²) in [6, 6.07) is 13.9. The second-order valence-electron chi connectivity index (χ2n) is 7.79. The lowest BCUT2D eigenvalue weighted by molar-refractivity contribution is -0.136. The van der Waals surface area contributed by atoms with Crippen molar-refractivity contribution in [2.45, 2.75) is 52.5 Å². The summed E-state index contributed by atoms with van der Waals surface area (Å²) >= 11 is 0. The summed E-state index contributed by atoms with van der Waals surface area (Å²) in [6.07, 6.45) is 4.76. The van der Waals surface area contributed by atoms with E-state index in [-0.39, 0.29) is 11.8 Å². The van der Waals surface area contributed by atoms with Crippen LogP contribution in [0.2, 0.25) is 0 Å². The fourth-order valence-electron chi connectivity index (χ4n) is 3.73. The van der Waals surface area contributed by atoms with Crippen LogP contribution in [-0.4, -0.2) is 38.7 Å². The molecule has 0 heterocycles. The highest BCUT2D eigenvalue weighted by molar-refractivity contribution is 5.78. The Balaban J connectivity index is 2.18. The Morgan fingerprint density at radius 1 is 0.903 bits per heavy atom. The molecule has 2 aromatic rings. The molecule has 2 aromatic carbocycles. The van der Waals surface area contributed by atoms with Crippen molar-refractivity contribution in [3.63, 3.8) is 0 Å². The van der Waals surface area contributed by atoms with Crippen molar-refractivity contribution in [2.24, 2.45) is 5.92 Å². The molecule has 0 spiro atoms. The van der Waals surface area contributed by atoms with E-state index < -0.39 is 0 Å². The van der Waals surface area contributed by atoms with Gasteiger partial charge in [-0.15, -0.1) is 0 Å². The summed E-state index contributed by atoms with van der Waals surface area (Å²) in [7, 11) is 4.93. The van der Waals surface area contributed by atoms with Gasteiger partial charge in [0, 0.05) is 19.0 Å². The number of carbonyl (C=O) groups excluding carboxylic acids is 1. The molecular formula is C26H37NO4. The normalized spacial score (nSPS) is 11.6. The molecular weight excluding hydrogens is 390 g/mol. The molecule has 0 N–H and O–H groups in total.